The van der Waals surface area contributed by atoms with Gasteiger partial charge >= 0.3 is 7.12 Å². The quantitative estimate of drug-likeness (QED) is 0.780. The maximum atomic E-state index is 6.26. The van der Waals surface area contributed by atoms with Crippen LogP contribution in [0.1, 0.15) is 33.3 Å². The first-order chi connectivity index (χ1) is 12.3. The fourth-order valence-corrected chi connectivity index (χ4v) is 3.42. The number of fused-ring (bicyclic) bond motifs is 1. The Morgan fingerprint density at radius 1 is 0.962 bits per heavy atom. The minimum atomic E-state index is -0.353. The Morgan fingerprint density at radius 2 is 1.65 bits per heavy atom. The molecule has 4 nitrogen and oxygen atoms in total. The molecule has 4 rings (SSSR count). The van der Waals surface area contributed by atoms with Crippen LogP contribution in [0.2, 0.25) is 0 Å². The predicted molar refractivity (Wildman–Crippen MR) is 106 cm³/mol. The van der Waals surface area contributed by atoms with Crippen LogP contribution >= 0.6 is 0 Å². The summed E-state index contributed by atoms with van der Waals surface area (Å²) in [6.07, 6.45) is 2.17. The highest BCUT2D eigenvalue weighted by Crippen LogP contribution is 2.37. The molecule has 1 fully saturated rings. The third kappa shape index (κ3) is 2.76. The van der Waals surface area contributed by atoms with Gasteiger partial charge in [-0.1, -0.05) is 30.3 Å². The average Bonchev–Trinajstić information content (AvgIpc) is 2.82. The van der Waals surface area contributed by atoms with Crippen LogP contribution in [0, 0.1) is 6.92 Å². The molecule has 2 aliphatic rings. The lowest BCUT2D eigenvalue weighted by molar-refractivity contribution is 0.00578. The van der Waals surface area contributed by atoms with Gasteiger partial charge in [-0.05, 0) is 57.8 Å². The zero-order valence-electron chi connectivity index (χ0n) is 16.1. The first kappa shape index (κ1) is 17.3. The van der Waals surface area contributed by atoms with Crippen molar-refractivity contribution in [2.45, 2.75) is 45.8 Å². The molecule has 0 radical (unpaired) electrons. The number of hydrogen-bond acceptors (Lipinski definition) is 4. The highest BCUT2D eigenvalue weighted by molar-refractivity contribution is 6.62. The van der Waals surface area contributed by atoms with Crippen LogP contribution in [-0.4, -0.2) is 25.0 Å². The van der Waals surface area contributed by atoms with Gasteiger partial charge in [0.2, 0.25) is 0 Å². The van der Waals surface area contributed by atoms with Crippen molar-refractivity contribution in [2.24, 2.45) is 4.99 Å². The second-order valence-electron chi connectivity index (χ2n) is 8.04. The van der Waals surface area contributed by atoms with Gasteiger partial charge in [0.15, 0.2) is 0 Å². The molecule has 0 saturated carbocycles. The number of nitrogens with zero attached hydrogens (tertiary/aromatic N) is 2. The standard InChI is InChI=1S/C21H25BN2O2/c1-15-17(22-25-20(2,3)21(4,5)26-22)10-8-12-19(15)24-13-16-9-6-7-11-18(16)23-14-24/h6-13H,14H2,1-5H3. The first-order valence-electron chi connectivity index (χ1n) is 9.12. The Labute approximate surface area is 155 Å². The highest BCUT2D eigenvalue weighted by Gasteiger charge is 2.52. The average molecular weight is 348 g/mol. The van der Waals surface area contributed by atoms with Crippen molar-refractivity contribution in [3.05, 3.63) is 58.6 Å². The van der Waals surface area contributed by atoms with E-state index in [0.29, 0.717) is 6.67 Å². The summed E-state index contributed by atoms with van der Waals surface area (Å²) in [4.78, 5) is 6.88. The summed E-state index contributed by atoms with van der Waals surface area (Å²) in [5.41, 5.74) is 2.69. The summed E-state index contributed by atoms with van der Waals surface area (Å²) in [5, 5.41) is 2.18. The fraction of sp³-hybridized carbons (Fsp3) is 0.381. The Hall–Kier alpha value is -2.11. The summed E-state index contributed by atoms with van der Waals surface area (Å²) in [7, 11) is -0.353. The number of anilines is 1. The summed E-state index contributed by atoms with van der Waals surface area (Å²) in [6.45, 7) is 11.1. The van der Waals surface area contributed by atoms with E-state index in [1.54, 1.807) is 0 Å². The van der Waals surface area contributed by atoms with E-state index < -0.39 is 0 Å². The summed E-state index contributed by atoms with van der Waals surface area (Å²) in [5.74, 6) is 0. The molecule has 0 atom stereocenters. The van der Waals surface area contributed by atoms with Gasteiger partial charge in [-0.15, -0.1) is 0 Å². The largest absolute Gasteiger partial charge is 0.495 e. The molecule has 0 aliphatic carbocycles. The summed E-state index contributed by atoms with van der Waals surface area (Å²) in [6, 6.07) is 14.5. The van der Waals surface area contributed by atoms with Crippen molar-refractivity contribution >= 4 is 24.5 Å². The molecule has 26 heavy (non-hydrogen) atoms. The van der Waals surface area contributed by atoms with E-state index in [-0.39, 0.29) is 18.3 Å². The van der Waals surface area contributed by atoms with Crippen molar-refractivity contribution in [1.82, 2.24) is 0 Å². The summed E-state index contributed by atoms with van der Waals surface area (Å²) < 4.78 is 12.5. The molecular formula is C21H25BN2O2. The number of rotatable bonds is 2. The SMILES string of the molecule is Cc1c(B2OC(C)(C)C(C)(C)O2)cccc1N1C=c2ccccc2=NC1. The smallest absolute Gasteiger partial charge is 0.399 e. The van der Waals surface area contributed by atoms with E-state index >= 15 is 0 Å². The van der Waals surface area contributed by atoms with Crippen molar-refractivity contribution < 1.29 is 9.31 Å². The van der Waals surface area contributed by atoms with Crippen molar-refractivity contribution in [2.75, 3.05) is 11.6 Å². The molecule has 2 heterocycles. The topological polar surface area (TPSA) is 34.1 Å². The second-order valence-corrected chi connectivity index (χ2v) is 8.04. The highest BCUT2D eigenvalue weighted by atomic mass is 16.7. The normalized spacial score (nSPS) is 20.3. The molecule has 0 N–H and O–H groups in total. The number of hydrogen-bond donors (Lipinski definition) is 0. The molecule has 0 bridgehead atoms. The minimum absolute atomic E-state index is 0.342. The van der Waals surface area contributed by atoms with Crippen LogP contribution in [0.4, 0.5) is 5.69 Å². The first-order valence-corrected chi connectivity index (χ1v) is 9.12. The number of para-hydroxylation sites is 1. The Kier molecular flexibility index (Phi) is 3.97. The maximum Gasteiger partial charge on any atom is 0.495 e. The van der Waals surface area contributed by atoms with Crippen molar-refractivity contribution in [1.29, 1.82) is 0 Å². The van der Waals surface area contributed by atoms with Crippen molar-refractivity contribution in [3.63, 3.8) is 0 Å². The van der Waals surface area contributed by atoms with Gasteiger partial charge in [0.25, 0.3) is 0 Å². The zero-order chi connectivity index (χ0) is 18.5. The van der Waals surface area contributed by atoms with Gasteiger partial charge in [0.05, 0.1) is 16.6 Å². The van der Waals surface area contributed by atoms with Crippen molar-refractivity contribution in [3.8, 4) is 0 Å². The van der Waals surface area contributed by atoms with Crippen LogP contribution in [-0.2, 0) is 9.31 Å². The van der Waals surface area contributed by atoms with E-state index in [2.05, 4.69) is 76.1 Å². The molecule has 5 heteroatoms. The van der Waals surface area contributed by atoms with E-state index in [9.17, 15) is 0 Å². The van der Waals surface area contributed by atoms with Gasteiger partial charge < -0.3 is 14.2 Å². The molecule has 0 unspecified atom stereocenters. The van der Waals surface area contributed by atoms with Crippen LogP contribution in [0.25, 0.3) is 6.20 Å². The Bertz CT molecular complexity index is 952. The van der Waals surface area contributed by atoms with Crippen LogP contribution in [0.3, 0.4) is 0 Å². The molecule has 2 aromatic rings. The molecule has 2 aliphatic heterocycles. The molecule has 0 spiro atoms. The lowest BCUT2D eigenvalue weighted by Crippen LogP contribution is -2.41. The minimum Gasteiger partial charge on any atom is -0.399 e. The van der Waals surface area contributed by atoms with Gasteiger partial charge in [0.1, 0.15) is 6.67 Å². The lowest BCUT2D eigenvalue weighted by atomic mass is 9.75. The van der Waals surface area contributed by atoms with E-state index in [4.69, 9.17) is 14.3 Å². The van der Waals surface area contributed by atoms with E-state index in [0.717, 1.165) is 27.3 Å². The Morgan fingerprint density at radius 3 is 2.38 bits per heavy atom. The van der Waals surface area contributed by atoms with Gasteiger partial charge in [-0.3, -0.25) is 4.99 Å². The van der Waals surface area contributed by atoms with E-state index in [1.165, 1.54) is 0 Å². The monoisotopic (exact) mass is 348 g/mol. The third-order valence-electron chi connectivity index (χ3n) is 5.79. The maximum absolute atomic E-state index is 6.26. The summed E-state index contributed by atoms with van der Waals surface area (Å²) >= 11 is 0. The van der Waals surface area contributed by atoms with Crippen LogP contribution < -0.4 is 20.9 Å². The number of benzene rings is 2. The third-order valence-corrected chi connectivity index (χ3v) is 5.79. The molecule has 1 saturated heterocycles. The molecule has 0 aromatic heterocycles. The second kappa shape index (κ2) is 5.97. The molecule has 0 amide bonds. The van der Waals surface area contributed by atoms with Gasteiger partial charge in [-0.25, -0.2) is 0 Å². The van der Waals surface area contributed by atoms with Crippen LogP contribution in [0.15, 0.2) is 47.5 Å². The van der Waals surface area contributed by atoms with Gasteiger partial charge in [0, 0.05) is 17.1 Å². The molecule has 2 aromatic carbocycles. The van der Waals surface area contributed by atoms with E-state index in [1.807, 2.05) is 12.1 Å². The molecule has 134 valence electrons. The fourth-order valence-electron chi connectivity index (χ4n) is 3.42. The zero-order valence-corrected chi connectivity index (χ0v) is 16.1. The van der Waals surface area contributed by atoms with Gasteiger partial charge in [-0.2, -0.15) is 0 Å². The Balaban J connectivity index is 1.71. The molecular weight excluding hydrogens is 323 g/mol. The predicted octanol–water partition coefficient (Wildman–Crippen LogP) is 2.13. The lowest BCUT2D eigenvalue weighted by Gasteiger charge is -2.32. The van der Waals surface area contributed by atoms with Crippen LogP contribution in [0.5, 0.6) is 0 Å².